The summed E-state index contributed by atoms with van der Waals surface area (Å²) in [6, 6.07) is 9.43. The molecule has 0 bridgehead atoms. The van der Waals surface area contributed by atoms with E-state index >= 15 is 0 Å². The van der Waals surface area contributed by atoms with Gasteiger partial charge in [0.15, 0.2) is 5.49 Å². The van der Waals surface area contributed by atoms with E-state index in [1.807, 2.05) is 0 Å². The summed E-state index contributed by atoms with van der Waals surface area (Å²) >= 11 is 0. The van der Waals surface area contributed by atoms with Gasteiger partial charge in [-0.05, 0) is 30.3 Å². The summed E-state index contributed by atoms with van der Waals surface area (Å²) in [5.74, 6) is -0.454. The normalized spacial score (nSPS) is 11.3. The topological polar surface area (TPSA) is 66.6 Å². The summed E-state index contributed by atoms with van der Waals surface area (Å²) in [6.45, 7) is 0. The molecule has 0 aliphatic rings. The third kappa shape index (κ3) is 2.94. The van der Waals surface area contributed by atoms with E-state index in [9.17, 15) is 14.4 Å². The molecule has 0 atom stereocenters. The standard InChI is InChI=1S/C12H10FN3O2/c13-9-4-3-5-10(8-9)14-12(17)15-11-6-1-2-7-16(11)18/h1-8,18H,(H,14,17)/b15-11-. The molecule has 0 aliphatic heterocycles. The molecule has 2 amide bonds. The molecule has 2 N–H and O–H groups in total. The lowest BCUT2D eigenvalue weighted by atomic mass is 10.3. The van der Waals surface area contributed by atoms with Gasteiger partial charge in [-0.3, -0.25) is 0 Å². The molecule has 6 heteroatoms. The van der Waals surface area contributed by atoms with E-state index in [1.54, 1.807) is 12.1 Å². The number of carbonyl (C=O) groups is 1. The zero-order chi connectivity index (χ0) is 13.0. The van der Waals surface area contributed by atoms with Crippen molar-refractivity contribution in [3.05, 3.63) is 60.0 Å². The van der Waals surface area contributed by atoms with Gasteiger partial charge in [0.1, 0.15) is 5.82 Å². The molecule has 0 radical (unpaired) electrons. The Morgan fingerprint density at radius 1 is 1.28 bits per heavy atom. The van der Waals surface area contributed by atoms with E-state index < -0.39 is 11.8 Å². The smallest absolute Gasteiger partial charge is 0.347 e. The maximum atomic E-state index is 12.9. The molecule has 2 aromatic rings. The van der Waals surface area contributed by atoms with Crippen molar-refractivity contribution >= 4 is 11.7 Å². The van der Waals surface area contributed by atoms with Gasteiger partial charge in [0, 0.05) is 11.9 Å². The first-order chi connectivity index (χ1) is 8.65. The number of nitrogens with one attached hydrogen (secondary N) is 1. The van der Waals surface area contributed by atoms with Gasteiger partial charge in [0.25, 0.3) is 0 Å². The summed E-state index contributed by atoms with van der Waals surface area (Å²) in [4.78, 5) is 15.1. The van der Waals surface area contributed by atoms with Crippen molar-refractivity contribution in [3.8, 4) is 0 Å². The van der Waals surface area contributed by atoms with E-state index in [-0.39, 0.29) is 5.49 Å². The van der Waals surface area contributed by atoms with Crippen LogP contribution in [0.2, 0.25) is 0 Å². The predicted octanol–water partition coefficient (Wildman–Crippen LogP) is 2.00. The van der Waals surface area contributed by atoms with Crippen LogP contribution in [0.3, 0.4) is 0 Å². The third-order valence-corrected chi connectivity index (χ3v) is 2.11. The van der Waals surface area contributed by atoms with Gasteiger partial charge in [-0.15, -0.1) is 0 Å². The molecule has 0 saturated heterocycles. The Labute approximate surface area is 102 Å². The number of hydrogen-bond donors (Lipinski definition) is 2. The van der Waals surface area contributed by atoms with Gasteiger partial charge in [-0.2, -0.15) is 9.72 Å². The second kappa shape index (κ2) is 5.13. The molecule has 1 heterocycles. The fraction of sp³-hybridized carbons (Fsp3) is 0. The van der Waals surface area contributed by atoms with Crippen LogP contribution in [0.1, 0.15) is 0 Å². The fourth-order valence-electron chi connectivity index (χ4n) is 1.34. The summed E-state index contributed by atoms with van der Waals surface area (Å²) < 4.78 is 13.6. The minimum absolute atomic E-state index is 0.0754. The second-order valence-corrected chi connectivity index (χ2v) is 3.46. The van der Waals surface area contributed by atoms with Crippen LogP contribution in [0.5, 0.6) is 0 Å². The van der Waals surface area contributed by atoms with Crippen LogP contribution in [-0.2, 0) is 0 Å². The molecule has 0 fully saturated rings. The Hall–Kier alpha value is -2.63. The minimum atomic E-state index is -0.699. The van der Waals surface area contributed by atoms with Crippen LogP contribution >= 0.6 is 0 Å². The highest BCUT2D eigenvalue weighted by atomic mass is 19.1. The van der Waals surface area contributed by atoms with Crippen molar-refractivity contribution in [2.75, 3.05) is 5.32 Å². The number of hydrogen-bond acceptors (Lipinski definition) is 2. The van der Waals surface area contributed by atoms with Crippen molar-refractivity contribution in [2.45, 2.75) is 0 Å². The van der Waals surface area contributed by atoms with Crippen molar-refractivity contribution in [1.82, 2.24) is 4.73 Å². The van der Waals surface area contributed by atoms with Crippen molar-refractivity contribution in [3.63, 3.8) is 0 Å². The molecular formula is C12H10FN3O2. The van der Waals surface area contributed by atoms with Crippen LogP contribution in [-0.4, -0.2) is 16.0 Å². The van der Waals surface area contributed by atoms with Crippen molar-refractivity contribution in [1.29, 1.82) is 0 Å². The number of rotatable bonds is 1. The third-order valence-electron chi connectivity index (χ3n) is 2.11. The molecule has 5 nitrogen and oxygen atoms in total. The lowest BCUT2D eigenvalue weighted by molar-refractivity contribution is 0.171. The van der Waals surface area contributed by atoms with Crippen molar-refractivity contribution in [2.24, 2.45) is 4.99 Å². The Bertz CT molecular complexity index is 637. The molecule has 0 saturated carbocycles. The predicted molar refractivity (Wildman–Crippen MR) is 62.6 cm³/mol. The largest absolute Gasteiger partial charge is 0.427 e. The molecule has 2 rings (SSSR count). The Morgan fingerprint density at radius 2 is 2.11 bits per heavy atom. The molecule has 1 aromatic carbocycles. The molecular weight excluding hydrogens is 237 g/mol. The maximum absolute atomic E-state index is 12.9. The SMILES string of the molecule is O=C(/N=c1/ccccn1O)Nc1cccc(F)c1. The summed E-state index contributed by atoms with van der Waals surface area (Å²) in [7, 11) is 0. The van der Waals surface area contributed by atoms with Crippen molar-refractivity contribution < 1.29 is 14.4 Å². The van der Waals surface area contributed by atoms with E-state index in [0.717, 1.165) is 0 Å². The maximum Gasteiger partial charge on any atom is 0.347 e. The van der Waals surface area contributed by atoms with Crippen LogP contribution < -0.4 is 10.8 Å². The fourth-order valence-corrected chi connectivity index (χ4v) is 1.34. The summed E-state index contributed by atoms with van der Waals surface area (Å²) in [6.07, 6.45) is 1.34. The van der Waals surface area contributed by atoms with Gasteiger partial charge < -0.3 is 10.5 Å². The van der Waals surface area contributed by atoms with Gasteiger partial charge in [0.2, 0.25) is 0 Å². The van der Waals surface area contributed by atoms with E-state index in [2.05, 4.69) is 10.3 Å². The van der Waals surface area contributed by atoms with Crippen LogP contribution in [0.25, 0.3) is 0 Å². The molecule has 1 aromatic heterocycles. The van der Waals surface area contributed by atoms with E-state index in [0.29, 0.717) is 10.4 Å². The number of pyridine rings is 1. The van der Waals surface area contributed by atoms with Crippen LogP contribution in [0, 0.1) is 5.82 Å². The minimum Gasteiger partial charge on any atom is -0.427 e. The highest BCUT2D eigenvalue weighted by Crippen LogP contribution is 2.08. The molecule has 0 spiro atoms. The Balaban J connectivity index is 2.19. The number of nitrogens with zero attached hydrogens (tertiary/aromatic N) is 2. The van der Waals surface area contributed by atoms with Gasteiger partial charge in [-0.25, -0.2) is 9.18 Å². The second-order valence-electron chi connectivity index (χ2n) is 3.46. The summed E-state index contributed by atoms with van der Waals surface area (Å²) in [5, 5.41) is 11.7. The van der Waals surface area contributed by atoms with Crippen LogP contribution in [0.4, 0.5) is 14.9 Å². The van der Waals surface area contributed by atoms with Gasteiger partial charge in [-0.1, -0.05) is 12.1 Å². The number of carbonyl (C=O) groups excluding carboxylic acids is 1. The average molecular weight is 247 g/mol. The van der Waals surface area contributed by atoms with E-state index in [4.69, 9.17) is 0 Å². The number of benzene rings is 1. The highest BCUT2D eigenvalue weighted by molar-refractivity contribution is 5.89. The first kappa shape index (κ1) is 11.8. The highest BCUT2D eigenvalue weighted by Gasteiger charge is 2.01. The molecule has 92 valence electrons. The molecule has 0 aliphatic carbocycles. The quantitative estimate of drug-likeness (QED) is 0.757. The first-order valence-electron chi connectivity index (χ1n) is 5.13. The van der Waals surface area contributed by atoms with Gasteiger partial charge >= 0.3 is 6.03 Å². The zero-order valence-electron chi connectivity index (χ0n) is 9.25. The lowest BCUT2D eigenvalue weighted by Crippen LogP contribution is -2.21. The average Bonchev–Trinajstić information content (AvgIpc) is 2.32. The monoisotopic (exact) mass is 247 g/mol. The zero-order valence-corrected chi connectivity index (χ0v) is 9.25. The molecule has 0 unspecified atom stereocenters. The summed E-state index contributed by atoms with van der Waals surface area (Å²) in [5.41, 5.74) is 0.371. The number of urea groups is 1. The number of amides is 2. The number of aromatic nitrogens is 1. The number of anilines is 1. The lowest BCUT2D eigenvalue weighted by Gasteiger charge is -2.01. The number of halogens is 1. The Morgan fingerprint density at radius 3 is 2.83 bits per heavy atom. The first-order valence-corrected chi connectivity index (χ1v) is 5.13. The van der Waals surface area contributed by atoms with E-state index in [1.165, 1.54) is 36.5 Å². The molecule has 18 heavy (non-hydrogen) atoms. The van der Waals surface area contributed by atoms with Crippen LogP contribution in [0.15, 0.2) is 53.7 Å². The Kier molecular flexibility index (Phi) is 3.38. The van der Waals surface area contributed by atoms with Gasteiger partial charge in [0.05, 0.1) is 0 Å².